The van der Waals surface area contributed by atoms with E-state index in [2.05, 4.69) is 4.98 Å². The highest BCUT2D eigenvalue weighted by Crippen LogP contribution is 2.20. The van der Waals surface area contributed by atoms with Crippen molar-refractivity contribution >= 4 is 10.2 Å². The van der Waals surface area contributed by atoms with E-state index in [4.69, 9.17) is 10.00 Å². The van der Waals surface area contributed by atoms with Gasteiger partial charge in [0.25, 0.3) is 15.8 Å². The van der Waals surface area contributed by atoms with Crippen LogP contribution in [0.5, 0.6) is 0 Å². The van der Waals surface area contributed by atoms with Gasteiger partial charge < -0.3 is 9.72 Å². The summed E-state index contributed by atoms with van der Waals surface area (Å²) < 4.78 is 33.1. The molecule has 1 aliphatic heterocycles. The second-order valence-corrected chi connectivity index (χ2v) is 7.13. The number of ether oxygens (including phenoxy) is 1. The van der Waals surface area contributed by atoms with Crippen LogP contribution in [0, 0.1) is 11.3 Å². The summed E-state index contributed by atoms with van der Waals surface area (Å²) in [5, 5.41) is 8.72. The lowest BCUT2D eigenvalue weighted by molar-refractivity contribution is 0.175. The quantitative estimate of drug-likeness (QED) is 0.742. The van der Waals surface area contributed by atoms with Gasteiger partial charge in [0.05, 0.1) is 12.7 Å². The summed E-state index contributed by atoms with van der Waals surface area (Å²) in [5.41, 5.74) is 1.10. The van der Waals surface area contributed by atoms with E-state index < -0.39 is 10.2 Å². The van der Waals surface area contributed by atoms with Gasteiger partial charge in [0.15, 0.2) is 0 Å². The van der Waals surface area contributed by atoms with Crippen LogP contribution in [0.4, 0.5) is 0 Å². The standard InChI is InChI=1S/C14H20N4O4S/c1-22-10-9-17(7-2-5-15)23(20,21)18-8-4-12-3-6-16-14(19)13(12)11-18/h3,6H,2,4,7-11H2,1H3,(H,16,19). The molecule has 2 rings (SSSR count). The van der Waals surface area contributed by atoms with Crippen LogP contribution in [-0.2, 0) is 27.9 Å². The first-order chi connectivity index (χ1) is 11.0. The Hall–Kier alpha value is -1.73. The summed E-state index contributed by atoms with van der Waals surface area (Å²) >= 11 is 0. The monoisotopic (exact) mass is 340 g/mol. The maximum absolute atomic E-state index is 12.8. The SMILES string of the molecule is COCCN(CCC#N)S(=O)(=O)N1CCc2cc[nH]c(=O)c2C1. The first-order valence-corrected chi connectivity index (χ1v) is 8.71. The topological polar surface area (TPSA) is 106 Å². The van der Waals surface area contributed by atoms with Crippen molar-refractivity contribution in [2.45, 2.75) is 19.4 Å². The molecule has 0 unspecified atom stereocenters. The van der Waals surface area contributed by atoms with Crippen LogP contribution in [0.3, 0.4) is 0 Å². The summed E-state index contributed by atoms with van der Waals surface area (Å²) in [6.45, 7) is 0.889. The highest BCUT2D eigenvalue weighted by atomic mass is 32.2. The molecule has 126 valence electrons. The lowest BCUT2D eigenvalue weighted by Gasteiger charge is -2.32. The lowest BCUT2D eigenvalue weighted by atomic mass is 10.0. The Labute approximate surface area is 135 Å². The molecule has 0 amide bonds. The largest absolute Gasteiger partial charge is 0.383 e. The van der Waals surface area contributed by atoms with Gasteiger partial charge in [-0.25, -0.2) is 0 Å². The van der Waals surface area contributed by atoms with Crippen molar-refractivity contribution in [1.82, 2.24) is 13.6 Å². The van der Waals surface area contributed by atoms with Crippen molar-refractivity contribution in [1.29, 1.82) is 5.26 Å². The van der Waals surface area contributed by atoms with Gasteiger partial charge in [0.1, 0.15) is 0 Å². The molecule has 0 saturated heterocycles. The molecule has 0 aliphatic carbocycles. The fraction of sp³-hybridized carbons (Fsp3) is 0.571. The number of rotatable bonds is 7. The van der Waals surface area contributed by atoms with Crippen molar-refractivity contribution in [2.75, 3.05) is 33.4 Å². The van der Waals surface area contributed by atoms with Crippen LogP contribution in [0.25, 0.3) is 0 Å². The third-order valence-electron chi connectivity index (χ3n) is 3.80. The number of H-pyrrole nitrogens is 1. The highest BCUT2D eigenvalue weighted by Gasteiger charge is 2.32. The number of nitrogens with one attached hydrogen (secondary N) is 1. The minimum Gasteiger partial charge on any atom is -0.383 e. The van der Waals surface area contributed by atoms with Crippen molar-refractivity contribution < 1.29 is 13.2 Å². The normalized spacial score (nSPS) is 15.3. The van der Waals surface area contributed by atoms with E-state index in [1.807, 2.05) is 6.07 Å². The molecular formula is C14H20N4O4S. The van der Waals surface area contributed by atoms with E-state index in [0.29, 0.717) is 18.5 Å². The molecule has 0 atom stereocenters. The Balaban J connectivity index is 2.22. The van der Waals surface area contributed by atoms with Crippen molar-refractivity contribution in [3.8, 4) is 6.07 Å². The predicted octanol–water partition coefficient (Wildman–Crippen LogP) is -0.160. The Morgan fingerprint density at radius 2 is 2.26 bits per heavy atom. The van der Waals surface area contributed by atoms with Gasteiger partial charge >= 0.3 is 0 Å². The number of hydrogen-bond acceptors (Lipinski definition) is 5. The van der Waals surface area contributed by atoms with Crippen LogP contribution < -0.4 is 5.56 Å². The van der Waals surface area contributed by atoms with Crippen LogP contribution in [0.15, 0.2) is 17.1 Å². The second kappa shape index (κ2) is 7.70. The number of fused-ring (bicyclic) bond motifs is 1. The average Bonchev–Trinajstić information content (AvgIpc) is 2.55. The minimum absolute atomic E-state index is 0.0455. The van der Waals surface area contributed by atoms with Crippen molar-refractivity contribution in [3.63, 3.8) is 0 Å². The Bertz CT molecular complexity index is 738. The molecule has 0 aromatic carbocycles. The minimum atomic E-state index is -3.75. The van der Waals surface area contributed by atoms with Crippen LogP contribution >= 0.6 is 0 Å². The third kappa shape index (κ3) is 3.97. The summed E-state index contributed by atoms with van der Waals surface area (Å²) in [5.74, 6) is 0. The van der Waals surface area contributed by atoms with Gasteiger partial charge in [-0.3, -0.25) is 4.79 Å². The number of hydrogen-bond donors (Lipinski definition) is 1. The molecule has 0 bridgehead atoms. The molecule has 1 aromatic rings. The number of nitrogens with zero attached hydrogens (tertiary/aromatic N) is 3. The molecular weight excluding hydrogens is 320 g/mol. The van der Waals surface area contributed by atoms with Crippen LogP contribution in [0.2, 0.25) is 0 Å². The fourth-order valence-corrected chi connectivity index (χ4v) is 4.10. The van der Waals surface area contributed by atoms with Gasteiger partial charge in [0.2, 0.25) is 0 Å². The maximum Gasteiger partial charge on any atom is 0.282 e. The molecule has 2 heterocycles. The zero-order chi connectivity index (χ0) is 16.9. The number of aromatic nitrogens is 1. The smallest absolute Gasteiger partial charge is 0.282 e. The zero-order valence-electron chi connectivity index (χ0n) is 13.0. The van der Waals surface area contributed by atoms with E-state index in [9.17, 15) is 13.2 Å². The third-order valence-corrected chi connectivity index (χ3v) is 5.78. The lowest BCUT2D eigenvalue weighted by Crippen LogP contribution is -2.48. The van der Waals surface area contributed by atoms with Crippen LogP contribution in [0.1, 0.15) is 17.5 Å². The van der Waals surface area contributed by atoms with Crippen molar-refractivity contribution in [2.24, 2.45) is 0 Å². The molecule has 1 N–H and O–H groups in total. The molecule has 0 radical (unpaired) electrons. The number of pyridine rings is 1. The van der Waals surface area contributed by atoms with E-state index in [0.717, 1.165) is 5.56 Å². The molecule has 0 spiro atoms. The summed E-state index contributed by atoms with van der Waals surface area (Å²) in [6, 6.07) is 3.76. The highest BCUT2D eigenvalue weighted by molar-refractivity contribution is 7.86. The molecule has 23 heavy (non-hydrogen) atoms. The summed E-state index contributed by atoms with van der Waals surface area (Å²) in [6.07, 6.45) is 2.17. The summed E-state index contributed by atoms with van der Waals surface area (Å²) in [7, 11) is -2.25. The van der Waals surface area contributed by atoms with Gasteiger partial charge in [0, 0.05) is 51.5 Å². The Kier molecular flexibility index (Phi) is 5.90. The molecule has 8 nitrogen and oxygen atoms in total. The Morgan fingerprint density at radius 1 is 1.48 bits per heavy atom. The number of nitriles is 1. The van der Waals surface area contributed by atoms with Gasteiger partial charge in [-0.2, -0.15) is 22.3 Å². The fourth-order valence-electron chi connectivity index (χ4n) is 2.53. The van der Waals surface area contributed by atoms with E-state index >= 15 is 0 Å². The van der Waals surface area contributed by atoms with Gasteiger partial charge in [-0.15, -0.1) is 0 Å². The predicted molar refractivity (Wildman–Crippen MR) is 83.8 cm³/mol. The van der Waals surface area contributed by atoms with Gasteiger partial charge in [-0.1, -0.05) is 0 Å². The van der Waals surface area contributed by atoms with E-state index in [1.54, 1.807) is 12.3 Å². The maximum atomic E-state index is 12.8. The van der Waals surface area contributed by atoms with Crippen LogP contribution in [-0.4, -0.2) is 55.4 Å². The first-order valence-electron chi connectivity index (χ1n) is 7.31. The first kappa shape index (κ1) is 17.6. The molecule has 9 heteroatoms. The number of aromatic amines is 1. The molecule has 1 aliphatic rings. The zero-order valence-corrected chi connectivity index (χ0v) is 13.8. The second-order valence-electron chi connectivity index (χ2n) is 5.20. The van der Waals surface area contributed by atoms with Gasteiger partial charge in [-0.05, 0) is 18.1 Å². The van der Waals surface area contributed by atoms with Crippen molar-refractivity contribution in [3.05, 3.63) is 33.7 Å². The number of methoxy groups -OCH3 is 1. The molecule has 0 saturated carbocycles. The molecule has 1 aromatic heterocycles. The molecule has 0 fully saturated rings. The Morgan fingerprint density at radius 3 is 2.96 bits per heavy atom. The summed E-state index contributed by atoms with van der Waals surface area (Å²) in [4.78, 5) is 14.5. The van der Waals surface area contributed by atoms with E-state index in [1.165, 1.54) is 15.7 Å². The van der Waals surface area contributed by atoms with E-state index in [-0.39, 0.29) is 38.2 Å². The average molecular weight is 340 g/mol.